The molecule has 3 nitrogen and oxygen atoms in total. The molecule has 0 atom stereocenters. The highest BCUT2D eigenvalue weighted by Gasteiger charge is 2.35. The lowest BCUT2D eigenvalue weighted by molar-refractivity contribution is -0.140. The largest absolute Gasteiger partial charge is 0.419 e. The molecule has 0 aliphatic heterocycles. The Morgan fingerprint density at radius 1 is 1.16 bits per heavy atom. The minimum absolute atomic E-state index is 0.296. The van der Waals surface area contributed by atoms with Crippen LogP contribution in [0.4, 0.5) is 17.6 Å². The zero-order valence-electron chi connectivity index (χ0n) is 13.3. The number of amides is 1. The van der Waals surface area contributed by atoms with Crippen LogP contribution in [0.15, 0.2) is 47.6 Å². The molecule has 132 valence electrons. The zero-order chi connectivity index (χ0) is 18.0. The highest BCUT2D eigenvalue weighted by atomic mass is 19.4. The van der Waals surface area contributed by atoms with Crippen molar-refractivity contribution in [3.05, 3.63) is 65.0 Å². The first-order valence-electron chi connectivity index (χ1n) is 7.96. The fourth-order valence-corrected chi connectivity index (χ4v) is 2.57. The summed E-state index contributed by atoms with van der Waals surface area (Å²) in [5.41, 5.74) is -1.86. The Morgan fingerprint density at radius 3 is 2.60 bits per heavy atom. The molecule has 3 rings (SSSR count). The van der Waals surface area contributed by atoms with E-state index >= 15 is 0 Å². The van der Waals surface area contributed by atoms with Gasteiger partial charge in [0.1, 0.15) is 11.3 Å². The first-order chi connectivity index (χ1) is 11.9. The molecular formula is C18H16F4N2O. The first kappa shape index (κ1) is 17.4. The molecule has 1 heterocycles. The summed E-state index contributed by atoms with van der Waals surface area (Å²) in [5.74, 6) is -1.95. The van der Waals surface area contributed by atoms with E-state index in [1.807, 2.05) is 0 Å². The average Bonchev–Trinajstić information content (AvgIpc) is 3.37. The van der Waals surface area contributed by atoms with Gasteiger partial charge in [0.2, 0.25) is 0 Å². The van der Waals surface area contributed by atoms with Gasteiger partial charge in [-0.05, 0) is 36.6 Å². The maximum atomic E-state index is 14.1. The van der Waals surface area contributed by atoms with Crippen LogP contribution in [0.1, 0.15) is 35.2 Å². The molecular weight excluding hydrogens is 336 g/mol. The Hall–Kier alpha value is -2.44. The van der Waals surface area contributed by atoms with Crippen LogP contribution in [-0.2, 0) is 12.7 Å². The lowest BCUT2D eigenvalue weighted by Crippen LogP contribution is -2.22. The van der Waals surface area contributed by atoms with Gasteiger partial charge in [-0.15, -0.1) is 0 Å². The summed E-state index contributed by atoms with van der Waals surface area (Å²) in [6, 6.07) is 7.64. The van der Waals surface area contributed by atoms with E-state index < -0.39 is 29.0 Å². The molecule has 1 aliphatic rings. The lowest BCUT2D eigenvalue weighted by Gasteiger charge is -2.10. The summed E-state index contributed by atoms with van der Waals surface area (Å²) in [6.45, 7) is 0.655. The quantitative estimate of drug-likeness (QED) is 0.760. The van der Waals surface area contributed by atoms with Crippen molar-refractivity contribution in [2.75, 3.05) is 0 Å². The van der Waals surface area contributed by atoms with E-state index in [0.29, 0.717) is 24.0 Å². The number of benzene rings is 1. The van der Waals surface area contributed by atoms with Crippen LogP contribution in [0.25, 0.3) is 0 Å². The summed E-state index contributed by atoms with van der Waals surface area (Å²) >= 11 is 0. The van der Waals surface area contributed by atoms with Gasteiger partial charge >= 0.3 is 6.18 Å². The summed E-state index contributed by atoms with van der Waals surface area (Å²) in [4.78, 5) is 16.1. The van der Waals surface area contributed by atoms with Gasteiger partial charge in [0, 0.05) is 12.7 Å². The van der Waals surface area contributed by atoms with E-state index in [1.54, 1.807) is 29.0 Å². The monoisotopic (exact) mass is 352 g/mol. The molecule has 1 aromatic heterocycles. The van der Waals surface area contributed by atoms with E-state index in [2.05, 4.69) is 4.99 Å². The van der Waals surface area contributed by atoms with E-state index in [0.717, 1.165) is 18.6 Å². The summed E-state index contributed by atoms with van der Waals surface area (Å²) in [5, 5.41) is 0. The molecule has 0 radical (unpaired) electrons. The number of rotatable bonds is 4. The maximum Gasteiger partial charge on any atom is 0.419 e. The molecule has 0 bridgehead atoms. The summed E-state index contributed by atoms with van der Waals surface area (Å²) in [7, 11) is 0. The van der Waals surface area contributed by atoms with Gasteiger partial charge in [-0.2, -0.15) is 18.2 Å². The number of alkyl halides is 3. The van der Waals surface area contributed by atoms with Crippen LogP contribution in [-0.4, -0.2) is 10.5 Å². The normalized spacial score (nSPS) is 15.4. The number of aromatic nitrogens is 1. The van der Waals surface area contributed by atoms with Crippen molar-refractivity contribution < 1.29 is 22.4 Å². The fourth-order valence-electron chi connectivity index (χ4n) is 2.57. The Labute approximate surface area is 141 Å². The standard InChI is InChI=1S/C18H16F4N2O/c19-16-13(4-3-5-14(16)18(20,21)22)17(25)23-15-6-1-2-10-24(15)11-9-12-7-8-12/h1-6,10,12H,7-9,11H2. The van der Waals surface area contributed by atoms with E-state index in [1.165, 1.54) is 12.8 Å². The second kappa shape index (κ2) is 6.82. The van der Waals surface area contributed by atoms with Gasteiger partial charge < -0.3 is 4.57 Å². The maximum absolute atomic E-state index is 14.1. The molecule has 0 spiro atoms. The molecule has 1 fully saturated rings. The topological polar surface area (TPSA) is 34.4 Å². The van der Waals surface area contributed by atoms with Gasteiger partial charge in [-0.1, -0.05) is 25.0 Å². The third-order valence-corrected chi connectivity index (χ3v) is 4.14. The second-order valence-electron chi connectivity index (χ2n) is 6.07. The summed E-state index contributed by atoms with van der Waals surface area (Å²) < 4.78 is 54.2. The number of aryl methyl sites for hydroxylation is 1. The predicted molar refractivity (Wildman–Crippen MR) is 83.1 cm³/mol. The minimum atomic E-state index is -4.86. The van der Waals surface area contributed by atoms with E-state index in [9.17, 15) is 22.4 Å². The molecule has 0 saturated heterocycles. The van der Waals surface area contributed by atoms with Gasteiger partial charge in [-0.3, -0.25) is 4.79 Å². The van der Waals surface area contributed by atoms with Crippen LogP contribution in [0, 0.1) is 11.7 Å². The van der Waals surface area contributed by atoms with Crippen LogP contribution in [0.2, 0.25) is 0 Å². The highest BCUT2D eigenvalue weighted by Crippen LogP contribution is 2.33. The predicted octanol–water partition coefficient (Wildman–Crippen LogP) is 4.19. The van der Waals surface area contributed by atoms with Crippen molar-refractivity contribution in [3.63, 3.8) is 0 Å². The van der Waals surface area contributed by atoms with Gasteiger partial charge in [-0.25, -0.2) is 4.39 Å². The summed E-state index contributed by atoms with van der Waals surface area (Å²) in [6.07, 6.45) is 0.208. The highest BCUT2D eigenvalue weighted by molar-refractivity contribution is 5.95. The number of hydrogen-bond donors (Lipinski definition) is 0. The van der Waals surface area contributed by atoms with Crippen molar-refractivity contribution in [2.24, 2.45) is 10.9 Å². The number of nitrogens with zero attached hydrogens (tertiary/aromatic N) is 2. The molecule has 7 heteroatoms. The van der Waals surface area contributed by atoms with Crippen LogP contribution in [0.3, 0.4) is 0 Å². The van der Waals surface area contributed by atoms with Crippen molar-refractivity contribution in [1.29, 1.82) is 0 Å². The molecule has 1 aliphatic carbocycles. The third kappa shape index (κ3) is 4.15. The fraction of sp³-hybridized carbons (Fsp3) is 0.333. The SMILES string of the molecule is O=C(N=c1ccccn1CCC1CC1)c1cccc(C(F)(F)F)c1F. The van der Waals surface area contributed by atoms with Crippen LogP contribution < -0.4 is 5.49 Å². The Balaban J connectivity index is 1.93. The van der Waals surface area contributed by atoms with Crippen molar-refractivity contribution in [1.82, 2.24) is 4.57 Å². The number of pyridine rings is 1. The van der Waals surface area contributed by atoms with Gasteiger partial charge in [0.05, 0.1) is 11.1 Å². The molecule has 1 aromatic carbocycles. The minimum Gasteiger partial charge on any atom is -0.333 e. The molecule has 25 heavy (non-hydrogen) atoms. The smallest absolute Gasteiger partial charge is 0.333 e. The Bertz CT molecular complexity index is 851. The van der Waals surface area contributed by atoms with Crippen LogP contribution in [0.5, 0.6) is 0 Å². The molecule has 1 saturated carbocycles. The first-order valence-corrected chi connectivity index (χ1v) is 7.96. The Kier molecular flexibility index (Phi) is 4.74. The molecule has 1 amide bonds. The van der Waals surface area contributed by atoms with Crippen molar-refractivity contribution >= 4 is 5.91 Å². The molecule has 0 unspecified atom stereocenters. The number of hydrogen-bond acceptors (Lipinski definition) is 1. The average molecular weight is 352 g/mol. The van der Waals surface area contributed by atoms with Crippen LogP contribution >= 0.6 is 0 Å². The zero-order valence-corrected chi connectivity index (χ0v) is 13.3. The van der Waals surface area contributed by atoms with E-state index in [-0.39, 0.29) is 0 Å². The molecule has 2 aromatic rings. The van der Waals surface area contributed by atoms with Crippen molar-refractivity contribution in [2.45, 2.75) is 32.0 Å². The van der Waals surface area contributed by atoms with E-state index in [4.69, 9.17) is 0 Å². The molecule has 0 N–H and O–H groups in total. The third-order valence-electron chi connectivity index (χ3n) is 4.14. The second-order valence-corrected chi connectivity index (χ2v) is 6.07. The van der Waals surface area contributed by atoms with Gasteiger partial charge in [0.15, 0.2) is 0 Å². The Morgan fingerprint density at radius 2 is 1.92 bits per heavy atom. The lowest BCUT2D eigenvalue weighted by atomic mass is 10.1. The number of halogens is 4. The number of carbonyl (C=O) groups is 1. The number of carbonyl (C=O) groups excluding carboxylic acids is 1. The van der Waals surface area contributed by atoms with Gasteiger partial charge in [0.25, 0.3) is 5.91 Å². The van der Waals surface area contributed by atoms with Crippen molar-refractivity contribution in [3.8, 4) is 0 Å².